The third-order valence-corrected chi connectivity index (χ3v) is 1.50. The Balaban J connectivity index is 0.000001000. The second kappa shape index (κ2) is 7.51. The van der Waals surface area contributed by atoms with Crippen LogP contribution in [0.5, 0.6) is 0 Å². The van der Waals surface area contributed by atoms with Crippen LogP contribution in [0.4, 0.5) is 0 Å². The minimum absolute atomic E-state index is 0. The van der Waals surface area contributed by atoms with E-state index in [0.29, 0.717) is 0 Å². The topological polar surface area (TPSA) is 12.0 Å². The quantitative estimate of drug-likeness (QED) is 0.586. The maximum absolute atomic E-state index is 3.02. The minimum atomic E-state index is 0. The molecule has 0 fully saturated rings. The number of rotatable bonds is 0. The Kier molecular flexibility index (Phi) is 7.10. The van der Waals surface area contributed by atoms with Crippen LogP contribution in [0.2, 0.25) is 0 Å². The van der Waals surface area contributed by atoms with E-state index < -0.39 is 0 Å². The van der Waals surface area contributed by atoms with E-state index in [1.807, 2.05) is 48.1 Å². The molecule has 1 heterocycles. The highest BCUT2D eigenvalue weighted by molar-refractivity contribution is 8.00. The second-order valence-corrected chi connectivity index (χ2v) is 2.44. The van der Waals surface area contributed by atoms with Gasteiger partial charge in [0.1, 0.15) is 0 Å². The van der Waals surface area contributed by atoms with E-state index in [9.17, 15) is 0 Å². The summed E-state index contributed by atoms with van der Waals surface area (Å²) >= 11 is 1.55. The molecule has 0 aromatic heterocycles. The molecular formula is C8H10ClNS. The number of hydrogen-bond acceptors (Lipinski definition) is 2. The molecule has 11 heavy (non-hydrogen) atoms. The lowest BCUT2D eigenvalue weighted by molar-refractivity contribution is 1.43. The van der Waals surface area contributed by atoms with Crippen LogP contribution in [0.1, 0.15) is 0 Å². The van der Waals surface area contributed by atoms with Crippen LogP contribution >= 0.6 is 24.4 Å². The van der Waals surface area contributed by atoms with Gasteiger partial charge in [-0.3, -0.25) is 0 Å². The average molecular weight is 188 g/mol. The third-order valence-electron chi connectivity index (χ3n) is 0.934. The first-order valence-corrected chi connectivity index (χ1v) is 3.94. The highest BCUT2D eigenvalue weighted by atomic mass is 35.5. The summed E-state index contributed by atoms with van der Waals surface area (Å²) < 4.78 is 3.02. The largest absolute Gasteiger partial charge is 0.333 e. The van der Waals surface area contributed by atoms with Crippen LogP contribution < -0.4 is 4.72 Å². The van der Waals surface area contributed by atoms with Gasteiger partial charge in [0.05, 0.1) is 0 Å². The van der Waals surface area contributed by atoms with Gasteiger partial charge >= 0.3 is 0 Å². The van der Waals surface area contributed by atoms with Gasteiger partial charge in [-0.2, -0.15) is 0 Å². The van der Waals surface area contributed by atoms with Crippen LogP contribution in [0.25, 0.3) is 0 Å². The fourth-order valence-electron chi connectivity index (χ4n) is 0.515. The molecule has 0 amide bonds. The smallest absolute Gasteiger partial charge is 0.00754 e. The summed E-state index contributed by atoms with van der Waals surface area (Å²) in [6.07, 6.45) is 13.8. The summed E-state index contributed by atoms with van der Waals surface area (Å²) in [5.74, 6) is 0. The van der Waals surface area contributed by atoms with Crippen molar-refractivity contribution in [3.05, 3.63) is 48.1 Å². The van der Waals surface area contributed by atoms with E-state index in [1.54, 1.807) is 11.9 Å². The lowest BCUT2D eigenvalue weighted by Crippen LogP contribution is -1.85. The fraction of sp³-hybridized carbons (Fsp3) is 0. The first kappa shape index (κ1) is 10.4. The monoisotopic (exact) mass is 187 g/mol. The van der Waals surface area contributed by atoms with E-state index in [0.717, 1.165) is 0 Å². The predicted molar refractivity (Wildman–Crippen MR) is 54.5 cm³/mol. The van der Waals surface area contributed by atoms with Crippen molar-refractivity contribution < 1.29 is 0 Å². The van der Waals surface area contributed by atoms with Crippen molar-refractivity contribution in [3.8, 4) is 0 Å². The molecule has 0 saturated carbocycles. The molecule has 0 aliphatic carbocycles. The second-order valence-electron chi connectivity index (χ2n) is 1.69. The molecule has 1 aliphatic rings. The van der Waals surface area contributed by atoms with Crippen LogP contribution in [-0.4, -0.2) is 0 Å². The van der Waals surface area contributed by atoms with Crippen molar-refractivity contribution in [2.24, 2.45) is 0 Å². The SMILES string of the molecule is C1=C\C=C/NS/C=C\C=C/1.Cl. The van der Waals surface area contributed by atoms with E-state index >= 15 is 0 Å². The Morgan fingerprint density at radius 2 is 1.45 bits per heavy atom. The number of halogens is 1. The Labute approximate surface area is 77.5 Å². The molecule has 1 N–H and O–H groups in total. The molecule has 0 bridgehead atoms. The number of nitrogens with one attached hydrogen (secondary N) is 1. The molecule has 1 aliphatic heterocycles. The highest BCUT2D eigenvalue weighted by Gasteiger charge is 1.72. The first-order chi connectivity index (χ1) is 5.00. The van der Waals surface area contributed by atoms with Gasteiger partial charge < -0.3 is 4.72 Å². The maximum Gasteiger partial charge on any atom is 0.00754 e. The summed E-state index contributed by atoms with van der Waals surface area (Å²) in [7, 11) is 0. The molecule has 3 heteroatoms. The summed E-state index contributed by atoms with van der Waals surface area (Å²) in [5.41, 5.74) is 0. The first-order valence-electron chi connectivity index (χ1n) is 3.06. The summed E-state index contributed by atoms with van der Waals surface area (Å²) in [6, 6.07) is 0. The van der Waals surface area contributed by atoms with E-state index in [-0.39, 0.29) is 12.4 Å². The van der Waals surface area contributed by atoms with Crippen LogP contribution in [0, 0.1) is 0 Å². The van der Waals surface area contributed by atoms with Crippen molar-refractivity contribution in [3.63, 3.8) is 0 Å². The van der Waals surface area contributed by atoms with Gasteiger partial charge in [0.2, 0.25) is 0 Å². The van der Waals surface area contributed by atoms with Gasteiger partial charge in [-0.1, -0.05) is 30.4 Å². The zero-order valence-corrected chi connectivity index (χ0v) is 7.57. The molecule has 0 atom stereocenters. The molecule has 0 radical (unpaired) electrons. The summed E-state index contributed by atoms with van der Waals surface area (Å²) in [6.45, 7) is 0. The molecule has 0 aromatic carbocycles. The molecule has 1 rings (SSSR count). The summed E-state index contributed by atoms with van der Waals surface area (Å²) in [5, 5.41) is 1.99. The van der Waals surface area contributed by atoms with Crippen molar-refractivity contribution in [2.45, 2.75) is 0 Å². The number of allylic oxidation sites excluding steroid dienone is 6. The highest BCUT2D eigenvalue weighted by Crippen LogP contribution is 1.96. The molecule has 0 spiro atoms. The Bertz CT molecular complexity index is 172. The maximum atomic E-state index is 3.02. The fourth-order valence-corrected chi connectivity index (χ4v) is 0.920. The normalized spacial score (nSPS) is 26.9. The van der Waals surface area contributed by atoms with E-state index in [1.165, 1.54) is 0 Å². The van der Waals surface area contributed by atoms with Crippen LogP contribution in [-0.2, 0) is 0 Å². The van der Waals surface area contributed by atoms with Crippen LogP contribution in [0.3, 0.4) is 0 Å². The van der Waals surface area contributed by atoms with Gasteiger partial charge in [-0.25, -0.2) is 0 Å². The molecule has 60 valence electrons. The Morgan fingerprint density at radius 1 is 0.818 bits per heavy atom. The molecule has 0 saturated heterocycles. The van der Waals surface area contributed by atoms with Crippen molar-refractivity contribution in [2.75, 3.05) is 0 Å². The lowest BCUT2D eigenvalue weighted by atomic mass is 10.4. The van der Waals surface area contributed by atoms with Crippen molar-refractivity contribution >= 4 is 24.4 Å². The summed E-state index contributed by atoms with van der Waals surface area (Å²) in [4.78, 5) is 0. The molecular weight excluding hydrogens is 178 g/mol. The van der Waals surface area contributed by atoms with Crippen molar-refractivity contribution in [1.82, 2.24) is 4.72 Å². The third kappa shape index (κ3) is 5.83. The number of hydrogen-bond donors (Lipinski definition) is 1. The Hall–Kier alpha value is -0.600. The van der Waals surface area contributed by atoms with Gasteiger partial charge in [0.25, 0.3) is 0 Å². The Morgan fingerprint density at radius 3 is 2.27 bits per heavy atom. The van der Waals surface area contributed by atoms with Crippen molar-refractivity contribution in [1.29, 1.82) is 0 Å². The van der Waals surface area contributed by atoms with Gasteiger partial charge in [0.15, 0.2) is 0 Å². The van der Waals surface area contributed by atoms with Gasteiger partial charge in [-0.05, 0) is 23.4 Å². The zero-order valence-electron chi connectivity index (χ0n) is 5.94. The minimum Gasteiger partial charge on any atom is -0.333 e. The average Bonchev–Trinajstić information content (AvgIpc) is 2.01. The molecule has 0 unspecified atom stereocenters. The van der Waals surface area contributed by atoms with Gasteiger partial charge in [-0.15, -0.1) is 12.4 Å². The molecule has 0 aromatic rings. The van der Waals surface area contributed by atoms with E-state index in [4.69, 9.17) is 0 Å². The predicted octanol–water partition coefficient (Wildman–Crippen LogP) is 2.80. The van der Waals surface area contributed by atoms with E-state index in [2.05, 4.69) is 4.72 Å². The lowest BCUT2D eigenvalue weighted by Gasteiger charge is -1.90. The van der Waals surface area contributed by atoms with Crippen LogP contribution in [0.15, 0.2) is 48.1 Å². The standard InChI is InChI=1S/C8H9NS.ClH/c1-2-4-6-8-10-9-7-5-3-1;/h1-9H;1H/b3-1-,4-2-,7-5-,8-6-;. The molecule has 1 nitrogen and oxygen atoms in total. The zero-order chi connectivity index (χ0) is 7.07. The van der Waals surface area contributed by atoms with Gasteiger partial charge in [0, 0.05) is 6.20 Å².